The van der Waals surface area contributed by atoms with E-state index in [0.717, 1.165) is 0 Å². The molecule has 0 aliphatic heterocycles. The van der Waals surface area contributed by atoms with Crippen molar-refractivity contribution in [3.05, 3.63) is 21.6 Å². The number of hydrogen-bond acceptors (Lipinski definition) is 0. The van der Waals surface area contributed by atoms with Gasteiger partial charge < -0.3 is 0 Å². The second kappa shape index (κ2) is 5.48. The molecule has 0 unspecified atom stereocenters. The zero-order valence-corrected chi connectivity index (χ0v) is 6.31. The van der Waals surface area contributed by atoms with Gasteiger partial charge in [0.2, 0.25) is 0 Å². The molecular formula is C5H7Na. The van der Waals surface area contributed by atoms with E-state index in [1.807, 2.05) is 19.1 Å². The van der Waals surface area contributed by atoms with E-state index >= 15 is 0 Å². The first-order valence-electron chi connectivity index (χ1n) is 2.15. The normalized spacial score (nSPS) is 11.8. The van der Waals surface area contributed by atoms with Crippen LogP contribution < -0.4 is 0 Å². The van der Waals surface area contributed by atoms with Crippen LogP contribution in [0.3, 0.4) is 0 Å². The van der Waals surface area contributed by atoms with E-state index in [1.54, 1.807) is 0 Å². The first-order valence-corrected chi connectivity index (χ1v) is 3.31. The van der Waals surface area contributed by atoms with Crippen molar-refractivity contribution < 1.29 is 0 Å². The summed E-state index contributed by atoms with van der Waals surface area (Å²) in [6.07, 6.45) is 6.12. The van der Waals surface area contributed by atoms with Gasteiger partial charge in [0, 0.05) is 0 Å². The van der Waals surface area contributed by atoms with E-state index in [1.165, 1.54) is 27.9 Å². The van der Waals surface area contributed by atoms with E-state index in [2.05, 4.69) is 9.40 Å². The van der Waals surface area contributed by atoms with Gasteiger partial charge in [-0.05, 0) is 0 Å². The Kier molecular flexibility index (Phi) is 5.92. The molecule has 6 heavy (non-hydrogen) atoms. The van der Waals surface area contributed by atoms with Crippen LogP contribution in [0.15, 0.2) is 21.6 Å². The second-order valence-corrected chi connectivity index (χ2v) is 1.72. The van der Waals surface area contributed by atoms with Gasteiger partial charge in [-0.25, -0.2) is 0 Å². The van der Waals surface area contributed by atoms with Gasteiger partial charge in [0.25, 0.3) is 0 Å². The molecule has 0 aromatic carbocycles. The maximum atomic E-state index is 2.14. The third kappa shape index (κ3) is 4.48. The molecule has 0 nitrogen and oxygen atoms in total. The van der Waals surface area contributed by atoms with Crippen molar-refractivity contribution in [2.24, 2.45) is 0 Å². The predicted octanol–water partition coefficient (Wildman–Crippen LogP) is 1.24. The molecule has 0 spiro atoms. The van der Waals surface area contributed by atoms with Gasteiger partial charge in [-0.3, -0.25) is 0 Å². The topological polar surface area (TPSA) is 0 Å². The standard InChI is InChI=1S/C5H7.Na/c1-3-5-4-2;/h1,3-5H,2H3;. The fourth-order valence-corrected chi connectivity index (χ4v) is 0.444. The summed E-state index contributed by atoms with van der Waals surface area (Å²) in [6, 6.07) is 0. The van der Waals surface area contributed by atoms with Crippen molar-refractivity contribution in [1.82, 2.24) is 0 Å². The molecule has 0 atom stereocenters. The van der Waals surface area contributed by atoms with E-state index in [-0.39, 0.29) is 0 Å². The Hall–Kier alpha value is 0.480. The van der Waals surface area contributed by atoms with E-state index < -0.39 is 0 Å². The molecule has 0 fully saturated rings. The molecular weight excluding hydrogens is 83.0 g/mol. The average Bonchev–Trinajstić information content (AvgIpc) is 1.61. The first kappa shape index (κ1) is 6.48. The fraction of sp³-hybridized carbons (Fsp3) is 0.200. The monoisotopic (exact) mass is 90.0 g/mol. The van der Waals surface area contributed by atoms with Crippen LogP contribution in [-0.2, 0) is 0 Å². The van der Waals surface area contributed by atoms with Crippen LogP contribution >= 0.6 is 0 Å². The SMILES string of the molecule is CC=CC=[CH][Na]. The summed E-state index contributed by atoms with van der Waals surface area (Å²) in [5.74, 6) is 0. The van der Waals surface area contributed by atoms with Gasteiger partial charge in [-0.1, -0.05) is 0 Å². The summed E-state index contributed by atoms with van der Waals surface area (Å²) in [6.45, 7) is 2.02. The van der Waals surface area contributed by atoms with Gasteiger partial charge in [0.1, 0.15) is 0 Å². The molecule has 0 saturated heterocycles. The quantitative estimate of drug-likeness (QED) is 0.335. The molecule has 0 radical (unpaired) electrons. The van der Waals surface area contributed by atoms with Crippen molar-refractivity contribution in [2.75, 3.05) is 0 Å². The van der Waals surface area contributed by atoms with Crippen molar-refractivity contribution in [2.45, 2.75) is 6.92 Å². The Morgan fingerprint density at radius 1 is 1.33 bits per heavy atom. The van der Waals surface area contributed by atoms with Gasteiger partial charge >= 0.3 is 56.4 Å². The zero-order valence-electron chi connectivity index (χ0n) is 4.31. The Morgan fingerprint density at radius 2 is 2.00 bits per heavy atom. The molecule has 0 saturated carbocycles. The van der Waals surface area contributed by atoms with Gasteiger partial charge in [-0.15, -0.1) is 0 Å². The van der Waals surface area contributed by atoms with Gasteiger partial charge in [-0.2, -0.15) is 0 Å². The molecule has 28 valence electrons. The molecule has 1 heteroatoms. The third-order valence-electron chi connectivity index (χ3n) is 0.496. The average molecular weight is 90.1 g/mol. The minimum absolute atomic E-state index is 1.17. The second-order valence-electron chi connectivity index (χ2n) is 1.05. The molecule has 0 bridgehead atoms. The Bertz CT molecular complexity index is 52.3. The molecule has 0 aromatic rings. The fourth-order valence-electron chi connectivity index (χ4n) is 0.222. The third-order valence-corrected chi connectivity index (χ3v) is 0.881. The Morgan fingerprint density at radius 3 is 2.17 bits per heavy atom. The van der Waals surface area contributed by atoms with Crippen molar-refractivity contribution in [3.63, 3.8) is 0 Å². The molecule has 0 amide bonds. The van der Waals surface area contributed by atoms with Crippen LogP contribution in [0.2, 0.25) is 0 Å². The van der Waals surface area contributed by atoms with Crippen molar-refractivity contribution in [3.8, 4) is 0 Å². The summed E-state index contributed by atoms with van der Waals surface area (Å²) < 4.78 is 2.14. The van der Waals surface area contributed by atoms with Crippen molar-refractivity contribution in [1.29, 1.82) is 0 Å². The van der Waals surface area contributed by atoms with Crippen LogP contribution in [-0.4, -0.2) is 27.9 Å². The van der Waals surface area contributed by atoms with Crippen LogP contribution in [0, 0.1) is 0 Å². The summed E-state index contributed by atoms with van der Waals surface area (Å²) in [4.78, 5) is 0. The molecule has 0 rings (SSSR count). The van der Waals surface area contributed by atoms with Gasteiger partial charge in [0.15, 0.2) is 0 Å². The summed E-state index contributed by atoms with van der Waals surface area (Å²) in [5, 5.41) is 0. The molecule has 0 aliphatic carbocycles. The Balaban J connectivity index is 3.07. The van der Waals surface area contributed by atoms with Gasteiger partial charge in [0.05, 0.1) is 0 Å². The predicted molar refractivity (Wildman–Crippen MR) is 29.7 cm³/mol. The summed E-state index contributed by atoms with van der Waals surface area (Å²) in [5.41, 5.74) is 0. The molecule has 0 aliphatic rings. The first-order chi connectivity index (χ1) is 2.91. The molecule has 0 aromatic heterocycles. The maximum absolute atomic E-state index is 2.14. The van der Waals surface area contributed by atoms with Crippen LogP contribution in [0.5, 0.6) is 0 Å². The summed E-state index contributed by atoms with van der Waals surface area (Å²) in [7, 11) is 0. The van der Waals surface area contributed by atoms with Crippen LogP contribution in [0.25, 0.3) is 0 Å². The zero-order chi connectivity index (χ0) is 4.83. The molecule has 0 heterocycles. The van der Waals surface area contributed by atoms with E-state index in [4.69, 9.17) is 0 Å². The molecule has 0 N–H and O–H groups in total. The minimum atomic E-state index is 1.17. The van der Waals surface area contributed by atoms with E-state index in [0.29, 0.717) is 0 Å². The van der Waals surface area contributed by atoms with E-state index in [9.17, 15) is 0 Å². The number of hydrogen-bond donors (Lipinski definition) is 0. The van der Waals surface area contributed by atoms with Crippen molar-refractivity contribution >= 4 is 27.9 Å². The van der Waals surface area contributed by atoms with Crippen LogP contribution in [0.1, 0.15) is 6.92 Å². The van der Waals surface area contributed by atoms with Crippen LogP contribution in [0.4, 0.5) is 0 Å². The summed E-state index contributed by atoms with van der Waals surface area (Å²) >= 11 is 1.17. The Labute approximate surface area is 56.4 Å². The number of allylic oxidation sites excluding steroid dienone is 3. The number of rotatable bonds is 1.